The first-order valence-corrected chi connectivity index (χ1v) is 4.09. The van der Waals surface area contributed by atoms with Gasteiger partial charge in [-0.15, -0.1) is 0 Å². The lowest BCUT2D eigenvalue weighted by atomic mass is 10.0. The van der Waals surface area contributed by atoms with Gasteiger partial charge in [0.15, 0.2) is 11.8 Å². The number of likely N-dealkylation sites (tertiary alicyclic amines) is 1. The van der Waals surface area contributed by atoms with Gasteiger partial charge >= 0.3 is 0 Å². The van der Waals surface area contributed by atoms with E-state index < -0.39 is 0 Å². The second-order valence-corrected chi connectivity index (χ2v) is 3.06. The van der Waals surface area contributed by atoms with Crippen LogP contribution in [0.5, 0.6) is 0 Å². The summed E-state index contributed by atoms with van der Waals surface area (Å²) in [6, 6.07) is 0.0127. The predicted molar refractivity (Wildman–Crippen MR) is 45.0 cm³/mol. The maximum Gasteiger partial charge on any atom is 0.249 e. The van der Waals surface area contributed by atoms with Crippen molar-refractivity contribution in [1.82, 2.24) is 15.0 Å². The monoisotopic (exact) mass is 181 g/mol. The third-order valence-electron chi connectivity index (χ3n) is 2.16. The Labute approximate surface area is 75.2 Å². The van der Waals surface area contributed by atoms with Crippen LogP contribution >= 0.6 is 0 Å². The van der Waals surface area contributed by atoms with Crippen molar-refractivity contribution in [2.45, 2.75) is 19.4 Å². The lowest BCUT2D eigenvalue weighted by Crippen LogP contribution is -2.48. The average Bonchev–Trinajstić information content (AvgIpc) is 2.32. The zero-order chi connectivity index (χ0) is 9.42. The Morgan fingerprint density at radius 2 is 2.54 bits per heavy atom. The van der Waals surface area contributed by atoms with Crippen molar-refractivity contribution >= 4 is 5.96 Å². The largest absolute Gasteiger partial charge is 0.370 e. The van der Waals surface area contributed by atoms with Gasteiger partial charge in [0.25, 0.3) is 0 Å². The molecule has 1 atom stereocenters. The average molecular weight is 181 g/mol. The molecular formula is C7H11N5O. The van der Waals surface area contributed by atoms with Crippen molar-refractivity contribution in [3.05, 3.63) is 11.7 Å². The van der Waals surface area contributed by atoms with Crippen molar-refractivity contribution in [1.29, 1.82) is 5.41 Å². The van der Waals surface area contributed by atoms with E-state index in [-0.39, 0.29) is 12.0 Å². The highest BCUT2D eigenvalue weighted by Crippen LogP contribution is 2.31. The smallest absolute Gasteiger partial charge is 0.249 e. The zero-order valence-electron chi connectivity index (χ0n) is 7.32. The number of nitrogens with one attached hydrogen (secondary N) is 1. The maximum atomic E-state index is 7.25. The molecule has 0 aromatic carbocycles. The summed E-state index contributed by atoms with van der Waals surface area (Å²) < 4.78 is 4.99. The van der Waals surface area contributed by atoms with Gasteiger partial charge in [0, 0.05) is 6.54 Å². The molecule has 1 fully saturated rings. The van der Waals surface area contributed by atoms with Gasteiger partial charge in [0.2, 0.25) is 5.89 Å². The highest BCUT2D eigenvalue weighted by atomic mass is 16.5. The molecule has 0 aliphatic carbocycles. The van der Waals surface area contributed by atoms with Crippen LogP contribution in [0.1, 0.15) is 24.2 Å². The van der Waals surface area contributed by atoms with Gasteiger partial charge in [-0.05, 0) is 13.3 Å². The van der Waals surface area contributed by atoms with Crippen molar-refractivity contribution in [2.24, 2.45) is 5.73 Å². The first kappa shape index (κ1) is 8.03. The van der Waals surface area contributed by atoms with E-state index in [4.69, 9.17) is 15.7 Å². The van der Waals surface area contributed by atoms with Gasteiger partial charge in [-0.3, -0.25) is 5.41 Å². The molecule has 0 saturated carbocycles. The Morgan fingerprint density at radius 3 is 2.92 bits per heavy atom. The van der Waals surface area contributed by atoms with Crippen molar-refractivity contribution in [2.75, 3.05) is 6.54 Å². The molecule has 0 spiro atoms. The van der Waals surface area contributed by atoms with Crippen LogP contribution in [0.15, 0.2) is 4.52 Å². The van der Waals surface area contributed by atoms with Crippen LogP contribution in [0, 0.1) is 12.3 Å². The molecule has 1 aromatic rings. The van der Waals surface area contributed by atoms with E-state index in [9.17, 15) is 0 Å². The van der Waals surface area contributed by atoms with Crippen LogP contribution < -0.4 is 5.73 Å². The van der Waals surface area contributed by atoms with Crippen LogP contribution in [0.25, 0.3) is 0 Å². The number of hydrogen-bond donors (Lipinski definition) is 2. The summed E-state index contributed by atoms with van der Waals surface area (Å²) in [6.07, 6.45) is 0.918. The summed E-state index contributed by atoms with van der Waals surface area (Å²) >= 11 is 0. The molecule has 3 N–H and O–H groups in total. The molecule has 6 heteroatoms. The number of aromatic nitrogens is 2. The first-order valence-electron chi connectivity index (χ1n) is 4.09. The molecule has 1 aliphatic heterocycles. The van der Waals surface area contributed by atoms with E-state index in [1.165, 1.54) is 0 Å². The molecular weight excluding hydrogens is 170 g/mol. The summed E-state index contributed by atoms with van der Waals surface area (Å²) in [4.78, 5) is 5.82. The summed E-state index contributed by atoms with van der Waals surface area (Å²) in [6.45, 7) is 2.56. The fraction of sp³-hybridized carbons (Fsp3) is 0.571. The minimum atomic E-state index is 0.0127. The second-order valence-electron chi connectivity index (χ2n) is 3.06. The van der Waals surface area contributed by atoms with Crippen LogP contribution in [0.2, 0.25) is 0 Å². The number of nitrogens with two attached hydrogens (primary N) is 1. The molecule has 0 bridgehead atoms. The molecule has 0 radical (unpaired) electrons. The zero-order valence-corrected chi connectivity index (χ0v) is 7.32. The van der Waals surface area contributed by atoms with E-state index in [1.54, 1.807) is 11.8 Å². The Kier molecular flexibility index (Phi) is 1.68. The van der Waals surface area contributed by atoms with Crippen molar-refractivity contribution < 1.29 is 4.52 Å². The summed E-state index contributed by atoms with van der Waals surface area (Å²) in [5.74, 6) is 1.23. The van der Waals surface area contributed by atoms with Gasteiger partial charge in [-0.25, -0.2) is 0 Å². The minimum absolute atomic E-state index is 0.0127. The Bertz CT molecular complexity index is 333. The Balaban J connectivity index is 2.14. The van der Waals surface area contributed by atoms with Crippen molar-refractivity contribution in [3.63, 3.8) is 0 Å². The van der Waals surface area contributed by atoms with E-state index >= 15 is 0 Å². The number of rotatable bonds is 1. The number of aryl methyl sites for hydroxylation is 1. The van der Waals surface area contributed by atoms with Crippen LogP contribution in [-0.4, -0.2) is 27.5 Å². The predicted octanol–water partition coefficient (Wildman–Crippen LogP) is 0.0183. The lowest BCUT2D eigenvalue weighted by molar-refractivity contribution is 0.141. The molecule has 13 heavy (non-hydrogen) atoms. The fourth-order valence-electron chi connectivity index (χ4n) is 1.38. The summed E-state index contributed by atoms with van der Waals surface area (Å²) in [5.41, 5.74) is 5.35. The van der Waals surface area contributed by atoms with E-state index in [0.29, 0.717) is 11.7 Å². The van der Waals surface area contributed by atoms with Crippen LogP contribution in [0.4, 0.5) is 0 Å². The molecule has 2 rings (SSSR count). The van der Waals surface area contributed by atoms with Crippen LogP contribution in [0.3, 0.4) is 0 Å². The van der Waals surface area contributed by atoms with E-state index in [0.717, 1.165) is 13.0 Å². The molecule has 1 saturated heterocycles. The topological polar surface area (TPSA) is 92.0 Å². The molecule has 0 amide bonds. The molecule has 1 aliphatic rings. The first-order chi connectivity index (χ1) is 6.18. The number of nitrogens with zero attached hydrogens (tertiary/aromatic N) is 3. The molecule has 1 aromatic heterocycles. The molecule has 2 heterocycles. The van der Waals surface area contributed by atoms with Gasteiger partial charge in [0.05, 0.1) is 0 Å². The SMILES string of the molecule is Cc1noc(C2CCN2C(=N)N)n1. The van der Waals surface area contributed by atoms with E-state index in [1.807, 2.05) is 0 Å². The number of hydrogen-bond acceptors (Lipinski definition) is 4. The van der Waals surface area contributed by atoms with Crippen LogP contribution in [-0.2, 0) is 0 Å². The van der Waals surface area contributed by atoms with Gasteiger partial charge in [0.1, 0.15) is 6.04 Å². The highest BCUT2D eigenvalue weighted by molar-refractivity contribution is 5.75. The lowest BCUT2D eigenvalue weighted by Gasteiger charge is -2.38. The van der Waals surface area contributed by atoms with Gasteiger partial charge < -0.3 is 15.2 Å². The maximum absolute atomic E-state index is 7.25. The molecule has 1 unspecified atom stereocenters. The molecule has 6 nitrogen and oxygen atoms in total. The quantitative estimate of drug-likeness (QED) is 0.470. The molecule has 70 valence electrons. The van der Waals surface area contributed by atoms with Crippen molar-refractivity contribution in [3.8, 4) is 0 Å². The Hall–Kier alpha value is -1.59. The fourth-order valence-corrected chi connectivity index (χ4v) is 1.38. The number of guanidine groups is 1. The van der Waals surface area contributed by atoms with E-state index in [2.05, 4.69) is 10.1 Å². The summed E-state index contributed by atoms with van der Waals surface area (Å²) in [5, 5.41) is 10.9. The third-order valence-corrected chi connectivity index (χ3v) is 2.16. The second kappa shape index (κ2) is 2.72. The minimum Gasteiger partial charge on any atom is -0.370 e. The Morgan fingerprint density at radius 1 is 1.77 bits per heavy atom. The summed E-state index contributed by atoms with van der Waals surface area (Å²) in [7, 11) is 0. The standard InChI is InChI=1S/C7H11N5O/c1-4-10-6(13-11-4)5-2-3-12(5)7(8)9/h5H,2-3H2,1H3,(H3,8,9). The normalized spacial score (nSPS) is 21.3. The third kappa shape index (κ3) is 1.24. The van der Waals surface area contributed by atoms with Gasteiger partial charge in [-0.2, -0.15) is 4.98 Å². The highest BCUT2D eigenvalue weighted by Gasteiger charge is 2.34. The van der Waals surface area contributed by atoms with Gasteiger partial charge in [-0.1, -0.05) is 5.16 Å².